The molecule has 4 aliphatic carbocycles. The van der Waals surface area contributed by atoms with Crippen molar-refractivity contribution < 1.29 is 0 Å². The molecule has 0 saturated heterocycles. The number of fused-ring (bicyclic) bond motifs is 12. The fourth-order valence-corrected chi connectivity index (χ4v) is 15.7. The summed E-state index contributed by atoms with van der Waals surface area (Å²) in [6.45, 7) is 32.7. The minimum Gasteiger partial charge on any atom is -0.310 e. The standard InChI is InChI=1S/C90H82N2/c1-85(2,3)61-33-37-63(38-34-61)91(65-41-47-73-69-19-15-17-21-77(69)87(7,8)81(73)53-65)67-43-49-75-71-45-31-59(51-79(71)89(11,12)83(75)55-67)29-27-57-23-25-58(26-24-57)28-30-60-32-46-72-76-50-44-68(56-84(76)90(13,14)80(72)52-60)92(64-39-35-62(36-40-64)86(4,5)6)66-42-48-74-70-20-16-18-22-78(70)88(9,10)82(74)54-66/h15-27,29,31-56H,1-14H3/b29-27+. The van der Waals surface area contributed by atoms with E-state index in [1.54, 1.807) is 0 Å². The topological polar surface area (TPSA) is 6.48 Å². The van der Waals surface area contributed by atoms with E-state index in [1.165, 1.54) is 111 Å². The van der Waals surface area contributed by atoms with Crippen molar-refractivity contribution in [1.29, 1.82) is 0 Å². The molecule has 0 aliphatic heterocycles. The lowest BCUT2D eigenvalue weighted by molar-refractivity contribution is 0.590. The van der Waals surface area contributed by atoms with Gasteiger partial charge in [-0.05, 0) is 219 Å². The van der Waals surface area contributed by atoms with E-state index in [4.69, 9.17) is 0 Å². The van der Waals surface area contributed by atoms with Crippen LogP contribution in [0.5, 0.6) is 0 Å². The normalized spacial score (nSPS) is 15.3. The van der Waals surface area contributed by atoms with Crippen LogP contribution in [-0.4, -0.2) is 0 Å². The molecule has 0 atom stereocenters. The third kappa shape index (κ3) is 9.53. The van der Waals surface area contributed by atoms with E-state index in [-0.39, 0.29) is 32.5 Å². The van der Waals surface area contributed by atoms with Gasteiger partial charge < -0.3 is 9.80 Å². The van der Waals surface area contributed by atoms with Crippen LogP contribution in [0.4, 0.5) is 34.1 Å². The Bertz CT molecular complexity index is 4920. The van der Waals surface area contributed by atoms with Crippen molar-refractivity contribution in [3.63, 3.8) is 0 Å². The molecule has 2 heteroatoms. The van der Waals surface area contributed by atoms with E-state index in [0.717, 1.165) is 45.1 Å². The first-order valence-electron chi connectivity index (χ1n) is 33.0. The van der Waals surface area contributed by atoms with Gasteiger partial charge >= 0.3 is 0 Å². The Hall–Kier alpha value is -9.68. The average Bonchev–Trinajstić information content (AvgIpc) is 1.51. The van der Waals surface area contributed by atoms with Crippen LogP contribution < -0.4 is 9.80 Å². The number of benzene rings is 11. The summed E-state index contributed by atoms with van der Waals surface area (Å²) >= 11 is 0. The first-order valence-corrected chi connectivity index (χ1v) is 33.0. The van der Waals surface area contributed by atoms with Crippen molar-refractivity contribution in [2.75, 3.05) is 9.80 Å². The smallest absolute Gasteiger partial charge is 0.0465 e. The summed E-state index contributed by atoms with van der Waals surface area (Å²) in [5, 5.41) is 0. The third-order valence-electron chi connectivity index (χ3n) is 21.2. The second-order valence-corrected chi connectivity index (χ2v) is 30.5. The molecule has 11 aromatic rings. The highest BCUT2D eigenvalue weighted by Gasteiger charge is 2.41. The molecule has 0 saturated carbocycles. The summed E-state index contributed by atoms with van der Waals surface area (Å²) in [5.74, 6) is 7.08. The van der Waals surface area contributed by atoms with Crippen LogP contribution >= 0.6 is 0 Å². The molecule has 92 heavy (non-hydrogen) atoms. The molecular weight excluding hydrogens is 1110 g/mol. The number of nitrogens with zero attached hydrogens (tertiary/aromatic N) is 2. The molecule has 0 fully saturated rings. The Labute approximate surface area is 547 Å². The molecular formula is C90H82N2. The van der Waals surface area contributed by atoms with Gasteiger partial charge in [0.1, 0.15) is 0 Å². The Balaban J connectivity index is 0.670. The Kier molecular flexibility index (Phi) is 13.3. The van der Waals surface area contributed by atoms with Gasteiger partial charge in [-0.1, -0.05) is 254 Å². The summed E-state index contributed by atoms with van der Waals surface area (Å²) < 4.78 is 0. The van der Waals surface area contributed by atoms with E-state index < -0.39 is 0 Å². The molecule has 0 bridgehead atoms. The molecule has 0 heterocycles. The lowest BCUT2D eigenvalue weighted by atomic mass is 9.81. The number of hydrogen-bond acceptors (Lipinski definition) is 2. The number of anilines is 6. The van der Waals surface area contributed by atoms with Gasteiger partial charge in [-0.2, -0.15) is 0 Å². The Morgan fingerprint density at radius 2 is 0.543 bits per heavy atom. The lowest BCUT2D eigenvalue weighted by Crippen LogP contribution is -2.18. The van der Waals surface area contributed by atoms with Crippen LogP contribution in [0, 0.1) is 11.8 Å². The van der Waals surface area contributed by atoms with Gasteiger partial charge in [-0.15, -0.1) is 0 Å². The van der Waals surface area contributed by atoms with Crippen LogP contribution in [-0.2, 0) is 32.5 Å². The summed E-state index contributed by atoms with van der Waals surface area (Å²) in [5.41, 5.74) is 34.7. The maximum absolute atomic E-state index is 3.56. The molecule has 2 nitrogen and oxygen atoms in total. The molecule has 0 unspecified atom stereocenters. The van der Waals surface area contributed by atoms with E-state index in [1.807, 2.05) is 0 Å². The molecule has 0 radical (unpaired) electrons. The summed E-state index contributed by atoms with van der Waals surface area (Å²) in [6.07, 6.45) is 4.48. The van der Waals surface area contributed by atoms with Gasteiger partial charge in [0.2, 0.25) is 0 Å². The fourth-order valence-electron chi connectivity index (χ4n) is 15.7. The second-order valence-electron chi connectivity index (χ2n) is 30.5. The molecule has 11 aromatic carbocycles. The number of hydrogen-bond donors (Lipinski definition) is 0. The highest BCUT2D eigenvalue weighted by molar-refractivity contribution is 5.91. The second kappa shape index (κ2) is 20.9. The van der Waals surface area contributed by atoms with Crippen molar-refractivity contribution >= 4 is 46.3 Å². The monoisotopic (exact) mass is 1190 g/mol. The summed E-state index contributed by atoms with van der Waals surface area (Å²) in [4.78, 5) is 4.93. The first-order chi connectivity index (χ1) is 43.8. The quantitative estimate of drug-likeness (QED) is 0.111. The van der Waals surface area contributed by atoms with Crippen LogP contribution in [0.3, 0.4) is 0 Å². The maximum Gasteiger partial charge on any atom is 0.0465 e. The van der Waals surface area contributed by atoms with Gasteiger partial charge in [-0.3, -0.25) is 0 Å². The van der Waals surface area contributed by atoms with Gasteiger partial charge in [-0.25, -0.2) is 0 Å². The van der Waals surface area contributed by atoms with Crippen molar-refractivity contribution in [2.24, 2.45) is 0 Å². The van der Waals surface area contributed by atoms with E-state index in [2.05, 4.69) is 361 Å². The predicted octanol–water partition coefficient (Wildman–Crippen LogP) is 24.0. The lowest BCUT2D eigenvalue weighted by Gasteiger charge is -2.30. The fraction of sp³-hybridized carbons (Fsp3) is 0.222. The number of rotatable bonds is 8. The SMILES string of the molecule is CC(C)(C)c1ccc(N(c2ccc3c(c2)C(C)(C)c2ccccc2-3)c2ccc3c(c2)C(C)(C)c2cc(C#Cc4ccc(/C=C/c5ccc6c(c5)C(C)(C)c5cc(N(c7ccc(C(C)(C)C)cc7)c7ccc8c(c7)C(C)(C)c7ccccc7-8)ccc5-6)cc4)ccc2-3)cc1. The van der Waals surface area contributed by atoms with Gasteiger partial charge in [0.05, 0.1) is 0 Å². The minimum absolute atomic E-state index is 0.0532. The van der Waals surface area contributed by atoms with E-state index in [9.17, 15) is 0 Å². The van der Waals surface area contributed by atoms with Crippen molar-refractivity contribution in [2.45, 2.75) is 129 Å². The largest absolute Gasteiger partial charge is 0.310 e. The van der Waals surface area contributed by atoms with Crippen LogP contribution in [0.1, 0.15) is 175 Å². The van der Waals surface area contributed by atoms with Gasteiger partial charge in [0, 0.05) is 66.9 Å². The van der Waals surface area contributed by atoms with Crippen molar-refractivity contribution in [1.82, 2.24) is 0 Å². The van der Waals surface area contributed by atoms with Crippen molar-refractivity contribution in [3.05, 3.63) is 308 Å². The summed E-state index contributed by atoms with van der Waals surface area (Å²) in [6, 6.07) is 87.2. The zero-order valence-corrected chi connectivity index (χ0v) is 56.0. The van der Waals surface area contributed by atoms with Crippen molar-refractivity contribution in [3.8, 4) is 56.3 Å². The Morgan fingerprint density at radius 1 is 0.261 bits per heavy atom. The minimum atomic E-state index is -0.241. The van der Waals surface area contributed by atoms with Gasteiger partial charge in [0.15, 0.2) is 0 Å². The molecule has 0 aromatic heterocycles. The molecule has 15 rings (SSSR count). The van der Waals surface area contributed by atoms with Crippen LogP contribution in [0.2, 0.25) is 0 Å². The average molecular weight is 1190 g/mol. The highest BCUT2D eigenvalue weighted by Crippen LogP contribution is 2.56. The third-order valence-corrected chi connectivity index (χ3v) is 21.2. The maximum atomic E-state index is 3.56. The highest BCUT2D eigenvalue weighted by atomic mass is 15.1. The van der Waals surface area contributed by atoms with Crippen LogP contribution in [0.25, 0.3) is 56.7 Å². The van der Waals surface area contributed by atoms with Gasteiger partial charge in [0.25, 0.3) is 0 Å². The predicted molar refractivity (Wildman–Crippen MR) is 391 cm³/mol. The molecule has 0 amide bonds. The van der Waals surface area contributed by atoms with E-state index in [0.29, 0.717) is 0 Å². The van der Waals surface area contributed by atoms with Crippen LogP contribution in [0.15, 0.2) is 231 Å². The molecule has 452 valence electrons. The molecule has 0 spiro atoms. The molecule has 4 aliphatic rings. The zero-order valence-electron chi connectivity index (χ0n) is 56.0. The summed E-state index contributed by atoms with van der Waals surface area (Å²) in [7, 11) is 0. The molecule has 0 N–H and O–H groups in total. The van der Waals surface area contributed by atoms with E-state index >= 15 is 0 Å². The Morgan fingerprint density at radius 3 is 0.946 bits per heavy atom. The first kappa shape index (κ1) is 58.7. The zero-order chi connectivity index (χ0) is 64.0.